The van der Waals surface area contributed by atoms with Gasteiger partial charge in [0.25, 0.3) is 0 Å². The molecule has 28 heavy (non-hydrogen) atoms. The van der Waals surface area contributed by atoms with Gasteiger partial charge in [-0.2, -0.15) is 0 Å². The van der Waals surface area contributed by atoms with Crippen molar-refractivity contribution in [1.29, 1.82) is 0 Å². The van der Waals surface area contributed by atoms with Crippen LogP contribution >= 0.6 is 0 Å². The molecule has 0 spiro atoms. The van der Waals surface area contributed by atoms with Gasteiger partial charge in [-0.3, -0.25) is 0 Å². The van der Waals surface area contributed by atoms with Gasteiger partial charge in [0.1, 0.15) is 0 Å². The van der Waals surface area contributed by atoms with Crippen molar-refractivity contribution in [2.75, 3.05) is 39.6 Å². The highest BCUT2D eigenvalue weighted by atomic mass is 16.6. The van der Waals surface area contributed by atoms with E-state index in [0.717, 1.165) is 26.2 Å². The average molecular weight is 403 g/mol. The first kappa shape index (κ1) is 25.8. The molecule has 5 unspecified atom stereocenters. The molecular weight excluding hydrogens is 356 g/mol. The molecular formula is C22H46N2O4. The molecule has 0 radical (unpaired) electrons. The second-order valence-corrected chi connectivity index (χ2v) is 9.82. The Hall–Kier alpha value is -0.240. The Bertz CT molecular complexity index is 425. The van der Waals surface area contributed by atoms with E-state index < -0.39 is 0 Å². The predicted molar refractivity (Wildman–Crippen MR) is 115 cm³/mol. The van der Waals surface area contributed by atoms with Crippen LogP contribution in [0.3, 0.4) is 0 Å². The molecule has 1 fully saturated rings. The van der Waals surface area contributed by atoms with Gasteiger partial charge >= 0.3 is 0 Å². The number of nitrogens with two attached hydrogens (primary N) is 1. The van der Waals surface area contributed by atoms with Gasteiger partial charge in [0.2, 0.25) is 0 Å². The first-order valence-electron chi connectivity index (χ1n) is 10.9. The van der Waals surface area contributed by atoms with E-state index in [9.17, 15) is 0 Å². The van der Waals surface area contributed by atoms with E-state index in [1.807, 2.05) is 6.92 Å². The van der Waals surface area contributed by atoms with E-state index in [4.69, 9.17) is 24.7 Å². The normalized spacial score (nSPS) is 22.0. The van der Waals surface area contributed by atoms with Crippen molar-refractivity contribution < 1.29 is 18.9 Å². The third-order valence-electron chi connectivity index (χ3n) is 5.77. The molecule has 0 bridgehead atoms. The van der Waals surface area contributed by atoms with Gasteiger partial charge in [0.15, 0.2) is 0 Å². The van der Waals surface area contributed by atoms with Crippen LogP contribution in [0.15, 0.2) is 0 Å². The fourth-order valence-electron chi connectivity index (χ4n) is 2.61. The van der Waals surface area contributed by atoms with Gasteiger partial charge in [-0.25, -0.2) is 0 Å². The van der Waals surface area contributed by atoms with Crippen molar-refractivity contribution in [3.8, 4) is 0 Å². The lowest BCUT2D eigenvalue weighted by molar-refractivity contribution is -0.106. The monoisotopic (exact) mass is 402 g/mol. The molecule has 3 N–H and O–H groups in total. The van der Waals surface area contributed by atoms with Crippen LogP contribution in [0.2, 0.25) is 0 Å². The predicted octanol–water partition coefficient (Wildman–Crippen LogP) is 2.98. The number of hydrogen-bond acceptors (Lipinski definition) is 6. The summed E-state index contributed by atoms with van der Waals surface area (Å²) in [5.41, 5.74) is 5.28. The molecule has 0 amide bonds. The topological polar surface area (TPSA) is 78.3 Å². The highest BCUT2D eigenvalue weighted by Gasteiger charge is 2.29. The van der Waals surface area contributed by atoms with E-state index >= 15 is 0 Å². The number of epoxide rings is 1. The maximum absolute atomic E-state index is 6.21. The van der Waals surface area contributed by atoms with Crippen LogP contribution in [0.4, 0.5) is 0 Å². The van der Waals surface area contributed by atoms with Gasteiger partial charge < -0.3 is 30.0 Å². The second-order valence-electron chi connectivity index (χ2n) is 9.82. The maximum Gasteiger partial charge on any atom is 0.0934 e. The Labute approximate surface area is 173 Å². The van der Waals surface area contributed by atoms with Crippen molar-refractivity contribution in [3.05, 3.63) is 0 Å². The summed E-state index contributed by atoms with van der Waals surface area (Å²) in [6.45, 7) is 21.5. The minimum Gasteiger partial charge on any atom is -0.379 e. The summed E-state index contributed by atoms with van der Waals surface area (Å²) >= 11 is 0. The fourth-order valence-corrected chi connectivity index (χ4v) is 2.61. The SMILES string of the molecule is CC(N)COCC(C)C(C)(C)OCCC(C)(C)OCC(C)C(C)NCC1CO1. The van der Waals surface area contributed by atoms with Gasteiger partial charge in [0.05, 0.1) is 50.3 Å². The quantitative estimate of drug-likeness (QED) is 0.387. The number of rotatable bonds is 16. The fraction of sp³-hybridized carbons (Fsp3) is 1.00. The minimum absolute atomic E-state index is 0.0662. The molecule has 6 nitrogen and oxygen atoms in total. The summed E-state index contributed by atoms with van der Waals surface area (Å²) < 4.78 is 23.3. The zero-order chi connectivity index (χ0) is 21.4. The molecule has 0 aromatic carbocycles. The Kier molecular flexibility index (Phi) is 10.9. The van der Waals surface area contributed by atoms with Crippen molar-refractivity contribution in [1.82, 2.24) is 5.32 Å². The zero-order valence-corrected chi connectivity index (χ0v) is 19.5. The molecule has 1 heterocycles. The third kappa shape index (κ3) is 11.1. The third-order valence-corrected chi connectivity index (χ3v) is 5.77. The summed E-state index contributed by atoms with van der Waals surface area (Å²) in [7, 11) is 0. The van der Waals surface area contributed by atoms with Crippen LogP contribution in [0.1, 0.15) is 61.8 Å². The van der Waals surface area contributed by atoms with Gasteiger partial charge in [-0.1, -0.05) is 13.8 Å². The lowest BCUT2D eigenvalue weighted by Crippen LogP contribution is -2.40. The van der Waals surface area contributed by atoms with E-state index in [-0.39, 0.29) is 23.2 Å². The summed E-state index contributed by atoms with van der Waals surface area (Å²) in [6.07, 6.45) is 1.27. The molecule has 6 heteroatoms. The van der Waals surface area contributed by atoms with E-state index in [2.05, 4.69) is 53.8 Å². The maximum atomic E-state index is 6.21. The molecule has 1 aliphatic rings. The highest BCUT2D eigenvalue weighted by molar-refractivity contribution is 4.79. The van der Waals surface area contributed by atoms with E-state index in [1.165, 1.54) is 0 Å². The van der Waals surface area contributed by atoms with Crippen LogP contribution in [0, 0.1) is 11.8 Å². The van der Waals surface area contributed by atoms with Gasteiger partial charge in [0, 0.05) is 24.5 Å². The average Bonchev–Trinajstić information content (AvgIpc) is 3.41. The molecule has 5 atom stereocenters. The first-order chi connectivity index (χ1) is 12.9. The summed E-state index contributed by atoms with van der Waals surface area (Å²) in [6, 6.07) is 0.476. The highest BCUT2D eigenvalue weighted by Crippen LogP contribution is 2.24. The van der Waals surface area contributed by atoms with Gasteiger partial charge in [-0.05, 0) is 53.9 Å². The van der Waals surface area contributed by atoms with E-state index in [0.29, 0.717) is 37.9 Å². The van der Waals surface area contributed by atoms with Crippen LogP contribution in [0.5, 0.6) is 0 Å². The Morgan fingerprint density at radius 3 is 2.25 bits per heavy atom. The minimum atomic E-state index is -0.246. The largest absolute Gasteiger partial charge is 0.379 e. The molecule has 0 saturated carbocycles. The van der Waals surface area contributed by atoms with Gasteiger partial charge in [-0.15, -0.1) is 0 Å². The lowest BCUT2D eigenvalue weighted by Gasteiger charge is -2.34. The van der Waals surface area contributed by atoms with Crippen molar-refractivity contribution in [3.63, 3.8) is 0 Å². The van der Waals surface area contributed by atoms with Crippen molar-refractivity contribution in [2.24, 2.45) is 17.6 Å². The number of ether oxygens (including phenoxy) is 4. The van der Waals surface area contributed by atoms with Crippen LogP contribution in [0.25, 0.3) is 0 Å². The smallest absolute Gasteiger partial charge is 0.0934 e. The number of nitrogens with one attached hydrogen (secondary N) is 1. The second kappa shape index (κ2) is 11.8. The standard InChI is InChI=1S/C22H46N2O4/c1-16(19(4)24-11-20-15-26-20)12-28-21(5,6)9-10-27-22(7,8)17(2)13-25-14-18(3)23/h16-20,24H,9-15,23H2,1-8H3. The molecule has 0 aromatic rings. The van der Waals surface area contributed by atoms with Crippen molar-refractivity contribution >= 4 is 0 Å². The summed E-state index contributed by atoms with van der Waals surface area (Å²) in [5, 5.41) is 3.53. The summed E-state index contributed by atoms with van der Waals surface area (Å²) in [5.74, 6) is 0.732. The Balaban J connectivity index is 2.24. The molecule has 1 rings (SSSR count). The summed E-state index contributed by atoms with van der Waals surface area (Å²) in [4.78, 5) is 0. The molecule has 168 valence electrons. The van der Waals surface area contributed by atoms with Crippen LogP contribution < -0.4 is 11.1 Å². The van der Waals surface area contributed by atoms with Crippen molar-refractivity contribution in [2.45, 2.75) is 91.2 Å². The first-order valence-corrected chi connectivity index (χ1v) is 10.9. The Morgan fingerprint density at radius 2 is 1.68 bits per heavy atom. The number of hydrogen-bond donors (Lipinski definition) is 2. The lowest BCUT2D eigenvalue weighted by atomic mass is 9.93. The zero-order valence-electron chi connectivity index (χ0n) is 19.5. The van der Waals surface area contributed by atoms with E-state index in [1.54, 1.807) is 0 Å². The Morgan fingerprint density at radius 1 is 1.04 bits per heavy atom. The molecule has 0 aliphatic carbocycles. The molecule has 1 saturated heterocycles. The molecule has 0 aromatic heterocycles. The van der Waals surface area contributed by atoms with Crippen LogP contribution in [-0.2, 0) is 18.9 Å². The van der Waals surface area contributed by atoms with Crippen LogP contribution in [-0.4, -0.2) is 69.0 Å². The molecule has 1 aliphatic heterocycles.